The average Bonchev–Trinajstić information content (AvgIpc) is 2.49. The number of nitrogens with two attached hydrogens (primary N) is 1. The van der Waals surface area contributed by atoms with E-state index in [0.29, 0.717) is 17.8 Å². The molecule has 1 aromatic rings. The van der Waals surface area contributed by atoms with Crippen molar-refractivity contribution < 1.29 is 19.2 Å². The number of primary amides is 1. The third-order valence-electron chi connectivity index (χ3n) is 3.12. The van der Waals surface area contributed by atoms with Crippen LogP contribution in [0, 0.1) is 17.0 Å². The minimum atomic E-state index is -0.726. The monoisotopic (exact) mass is 364 g/mol. The first-order chi connectivity index (χ1) is 12.0. The highest BCUT2D eigenvalue weighted by Crippen LogP contribution is 2.29. The van der Waals surface area contributed by atoms with Crippen LogP contribution < -0.4 is 16.4 Å². The van der Waals surface area contributed by atoms with E-state index in [-0.39, 0.29) is 17.8 Å². The van der Waals surface area contributed by atoms with E-state index in [1.165, 1.54) is 6.07 Å². The van der Waals surface area contributed by atoms with Gasteiger partial charge in [-0.1, -0.05) is 12.2 Å². The molecule has 142 valence electrons. The lowest BCUT2D eigenvalue weighted by molar-refractivity contribution is -0.384. The maximum absolute atomic E-state index is 11.5. The molecule has 0 heterocycles. The van der Waals surface area contributed by atoms with Crippen molar-refractivity contribution >= 4 is 23.4 Å². The normalized spacial score (nSPS) is 11.2. The molecule has 0 saturated carbocycles. The van der Waals surface area contributed by atoms with Gasteiger partial charge in [0.15, 0.2) is 0 Å². The Balaban J connectivity index is 2.64. The Morgan fingerprint density at radius 3 is 2.42 bits per heavy atom. The smallest absolute Gasteiger partial charge is 0.407 e. The summed E-state index contributed by atoms with van der Waals surface area (Å²) in [5, 5.41) is 16.7. The molecule has 0 atom stereocenters. The van der Waals surface area contributed by atoms with E-state index in [9.17, 15) is 19.7 Å². The van der Waals surface area contributed by atoms with Crippen LogP contribution in [0.1, 0.15) is 36.7 Å². The highest BCUT2D eigenvalue weighted by atomic mass is 16.6. The van der Waals surface area contributed by atoms with Gasteiger partial charge in [0.25, 0.3) is 5.69 Å². The summed E-state index contributed by atoms with van der Waals surface area (Å²) in [6, 6.07) is 2.64. The van der Waals surface area contributed by atoms with Crippen LogP contribution in [0.4, 0.5) is 16.2 Å². The fourth-order valence-corrected chi connectivity index (χ4v) is 2.07. The Kier molecular flexibility index (Phi) is 7.12. The first kappa shape index (κ1) is 20.9. The summed E-state index contributed by atoms with van der Waals surface area (Å²) in [6.45, 7) is 7.52. The topological polar surface area (TPSA) is 137 Å². The zero-order chi connectivity index (χ0) is 19.9. The number of rotatable bonds is 7. The number of nitro groups is 1. The molecule has 0 aromatic heterocycles. The molecule has 1 rings (SSSR count). The lowest BCUT2D eigenvalue weighted by atomic mass is 10.1. The van der Waals surface area contributed by atoms with Crippen molar-refractivity contribution in [2.24, 2.45) is 5.73 Å². The fraction of sp³-hybridized carbons (Fsp3) is 0.412. The average molecular weight is 364 g/mol. The standard InChI is InChI=1S/C17H24N4O5/c1-11-9-12(15(18)22)10-13(21(24)25)14(11)19-7-5-6-8-20-16(23)26-17(2,3)4/h5-6,9-10,19H,7-8H2,1-4H3,(H2,18,22)(H,20,23)/b6-5+. The molecule has 2 amide bonds. The van der Waals surface area contributed by atoms with Crippen LogP contribution in [0.3, 0.4) is 0 Å². The molecule has 0 aliphatic rings. The van der Waals surface area contributed by atoms with E-state index >= 15 is 0 Å². The van der Waals surface area contributed by atoms with Crippen LogP contribution in [0.15, 0.2) is 24.3 Å². The molecule has 0 aliphatic heterocycles. The van der Waals surface area contributed by atoms with E-state index in [1.54, 1.807) is 39.8 Å². The summed E-state index contributed by atoms with van der Waals surface area (Å²) < 4.78 is 5.09. The number of nitrogens with one attached hydrogen (secondary N) is 2. The summed E-state index contributed by atoms with van der Waals surface area (Å²) in [4.78, 5) is 33.3. The number of anilines is 1. The van der Waals surface area contributed by atoms with Crippen LogP contribution in [0.2, 0.25) is 0 Å². The predicted octanol–water partition coefficient (Wildman–Crippen LogP) is 2.49. The number of benzene rings is 1. The number of aryl methyl sites for hydroxylation is 1. The molecular formula is C17H24N4O5. The Hall–Kier alpha value is -3.10. The molecule has 26 heavy (non-hydrogen) atoms. The number of carbonyl (C=O) groups is 2. The number of alkyl carbamates (subject to hydrolysis) is 1. The Bertz CT molecular complexity index is 723. The van der Waals surface area contributed by atoms with Crippen molar-refractivity contribution in [1.82, 2.24) is 5.32 Å². The van der Waals surface area contributed by atoms with Gasteiger partial charge in [-0.05, 0) is 39.3 Å². The maximum atomic E-state index is 11.5. The zero-order valence-electron chi connectivity index (χ0n) is 15.3. The SMILES string of the molecule is Cc1cc(C(N)=O)cc([N+](=O)[O-])c1NC/C=C/CNC(=O)OC(C)(C)C. The molecule has 0 radical (unpaired) electrons. The van der Waals surface area contributed by atoms with Crippen LogP contribution in [-0.4, -0.2) is 35.6 Å². The number of ether oxygens (including phenoxy) is 1. The van der Waals surface area contributed by atoms with Crippen molar-refractivity contribution in [1.29, 1.82) is 0 Å². The second kappa shape index (κ2) is 8.84. The minimum Gasteiger partial charge on any atom is -0.444 e. The van der Waals surface area contributed by atoms with Crippen molar-refractivity contribution in [2.75, 3.05) is 18.4 Å². The summed E-state index contributed by atoms with van der Waals surface area (Å²) in [5.41, 5.74) is 5.32. The molecule has 0 fully saturated rings. The molecule has 4 N–H and O–H groups in total. The highest BCUT2D eigenvalue weighted by molar-refractivity contribution is 5.95. The lowest BCUT2D eigenvalue weighted by Crippen LogP contribution is -2.32. The van der Waals surface area contributed by atoms with Crippen molar-refractivity contribution in [3.05, 3.63) is 45.5 Å². The van der Waals surface area contributed by atoms with Gasteiger partial charge in [0, 0.05) is 24.7 Å². The number of hydrogen-bond acceptors (Lipinski definition) is 6. The predicted molar refractivity (Wildman–Crippen MR) is 98.2 cm³/mol. The molecule has 0 unspecified atom stereocenters. The molecule has 1 aromatic carbocycles. The maximum Gasteiger partial charge on any atom is 0.407 e. The quantitative estimate of drug-likeness (QED) is 0.386. The first-order valence-corrected chi connectivity index (χ1v) is 7.96. The number of hydrogen-bond donors (Lipinski definition) is 3. The van der Waals surface area contributed by atoms with Gasteiger partial charge in [0.05, 0.1) is 4.92 Å². The fourth-order valence-electron chi connectivity index (χ4n) is 2.07. The van der Waals surface area contributed by atoms with Gasteiger partial charge in [-0.15, -0.1) is 0 Å². The van der Waals surface area contributed by atoms with Gasteiger partial charge in [-0.25, -0.2) is 4.79 Å². The molecule has 0 spiro atoms. The Morgan fingerprint density at radius 1 is 1.27 bits per heavy atom. The third kappa shape index (κ3) is 6.80. The van der Waals surface area contributed by atoms with Crippen LogP contribution in [0.5, 0.6) is 0 Å². The minimum absolute atomic E-state index is 0.0804. The lowest BCUT2D eigenvalue weighted by Gasteiger charge is -2.19. The molecule has 0 aliphatic carbocycles. The second-order valence-electron chi connectivity index (χ2n) is 6.54. The van der Waals surface area contributed by atoms with Gasteiger partial charge >= 0.3 is 6.09 Å². The summed E-state index contributed by atoms with van der Waals surface area (Å²) >= 11 is 0. The number of nitrogens with zero attached hydrogens (tertiary/aromatic N) is 1. The summed E-state index contributed by atoms with van der Waals surface area (Å²) in [7, 11) is 0. The number of nitro benzene ring substituents is 1. The van der Waals surface area contributed by atoms with Crippen LogP contribution >= 0.6 is 0 Å². The van der Waals surface area contributed by atoms with Crippen molar-refractivity contribution in [2.45, 2.75) is 33.3 Å². The van der Waals surface area contributed by atoms with Gasteiger partial charge < -0.3 is 21.1 Å². The van der Waals surface area contributed by atoms with E-state index < -0.39 is 22.5 Å². The van der Waals surface area contributed by atoms with Crippen molar-refractivity contribution in [3.8, 4) is 0 Å². The Morgan fingerprint density at radius 2 is 1.88 bits per heavy atom. The van der Waals surface area contributed by atoms with Crippen LogP contribution in [-0.2, 0) is 4.74 Å². The van der Waals surface area contributed by atoms with Crippen LogP contribution in [0.25, 0.3) is 0 Å². The van der Waals surface area contributed by atoms with Crippen molar-refractivity contribution in [3.63, 3.8) is 0 Å². The molecule has 0 bridgehead atoms. The molecule has 0 saturated heterocycles. The summed E-state index contributed by atoms with van der Waals surface area (Å²) in [6.07, 6.45) is 2.88. The van der Waals surface area contributed by atoms with Gasteiger partial charge in [0.1, 0.15) is 11.3 Å². The first-order valence-electron chi connectivity index (χ1n) is 7.96. The van der Waals surface area contributed by atoms with Gasteiger partial charge in [-0.3, -0.25) is 14.9 Å². The largest absolute Gasteiger partial charge is 0.444 e. The zero-order valence-corrected chi connectivity index (χ0v) is 15.3. The van der Waals surface area contributed by atoms with E-state index in [4.69, 9.17) is 10.5 Å². The van der Waals surface area contributed by atoms with E-state index in [1.807, 2.05) is 0 Å². The molecule has 9 heteroatoms. The number of carbonyl (C=O) groups excluding carboxylic acids is 2. The number of amides is 2. The van der Waals surface area contributed by atoms with Gasteiger partial charge in [-0.2, -0.15) is 0 Å². The molecular weight excluding hydrogens is 340 g/mol. The van der Waals surface area contributed by atoms with E-state index in [0.717, 1.165) is 6.07 Å². The highest BCUT2D eigenvalue weighted by Gasteiger charge is 2.19. The second-order valence-corrected chi connectivity index (χ2v) is 6.54. The third-order valence-corrected chi connectivity index (χ3v) is 3.12. The van der Waals surface area contributed by atoms with E-state index in [2.05, 4.69) is 10.6 Å². The molecule has 9 nitrogen and oxygen atoms in total. The summed E-state index contributed by atoms with van der Waals surface area (Å²) in [5.74, 6) is -0.726. The Labute approximate surface area is 151 Å². The van der Waals surface area contributed by atoms with Gasteiger partial charge in [0.2, 0.25) is 5.91 Å².